The number of amides is 1. The van der Waals surface area contributed by atoms with E-state index < -0.39 is 0 Å². The Morgan fingerprint density at radius 3 is 2.74 bits per heavy atom. The van der Waals surface area contributed by atoms with Crippen LogP contribution >= 0.6 is 11.6 Å². The van der Waals surface area contributed by atoms with Gasteiger partial charge in [-0.1, -0.05) is 36.0 Å². The molecule has 0 aliphatic heterocycles. The van der Waals surface area contributed by atoms with E-state index in [4.69, 9.17) is 16.3 Å². The molecule has 1 saturated carbocycles. The highest BCUT2D eigenvalue weighted by molar-refractivity contribution is 6.32. The molecular weight excluding hydrogens is 468 g/mol. The van der Waals surface area contributed by atoms with Gasteiger partial charge in [-0.3, -0.25) is 4.79 Å². The summed E-state index contributed by atoms with van der Waals surface area (Å²) in [6.45, 7) is 2.04. The van der Waals surface area contributed by atoms with Gasteiger partial charge in [-0.2, -0.15) is 5.21 Å². The summed E-state index contributed by atoms with van der Waals surface area (Å²) in [7, 11) is 0. The molecule has 1 amide bonds. The predicted molar refractivity (Wildman–Crippen MR) is 133 cm³/mol. The van der Waals surface area contributed by atoms with E-state index in [9.17, 15) is 9.90 Å². The number of halogens is 1. The Morgan fingerprint density at radius 1 is 1.17 bits per heavy atom. The minimum Gasteiger partial charge on any atom is -0.507 e. The minimum absolute atomic E-state index is 0.0451. The van der Waals surface area contributed by atoms with Crippen molar-refractivity contribution in [1.29, 1.82) is 0 Å². The van der Waals surface area contributed by atoms with E-state index in [1.165, 1.54) is 25.3 Å². The summed E-state index contributed by atoms with van der Waals surface area (Å²) in [6.07, 6.45) is 8.56. The molecule has 0 spiro atoms. The molecule has 184 valence electrons. The maximum atomic E-state index is 13.0. The molecule has 35 heavy (non-hydrogen) atoms. The summed E-state index contributed by atoms with van der Waals surface area (Å²) in [4.78, 5) is 13.0. The van der Waals surface area contributed by atoms with Crippen LogP contribution in [0.3, 0.4) is 0 Å². The SMILES string of the molecule is C[C@H](NC(=O)c1cc(Oc2c(Cl)cc(Nc3nn[nH]n3)c3c2CCC3)ccc1O)C1CCCCC1. The van der Waals surface area contributed by atoms with Crippen molar-refractivity contribution in [2.45, 2.75) is 64.3 Å². The number of fused-ring (bicyclic) bond motifs is 1. The Balaban J connectivity index is 1.36. The first kappa shape index (κ1) is 23.4. The highest BCUT2D eigenvalue weighted by Crippen LogP contribution is 2.44. The molecule has 9 nitrogen and oxygen atoms in total. The number of aromatic hydroxyl groups is 1. The van der Waals surface area contributed by atoms with Gasteiger partial charge in [-0.15, -0.1) is 5.10 Å². The van der Waals surface area contributed by atoms with Crippen molar-refractivity contribution in [3.63, 3.8) is 0 Å². The summed E-state index contributed by atoms with van der Waals surface area (Å²) in [5.74, 6) is 1.44. The van der Waals surface area contributed by atoms with Crippen LogP contribution in [0.4, 0.5) is 11.6 Å². The quantitative estimate of drug-likeness (QED) is 0.350. The minimum atomic E-state index is -0.304. The third kappa shape index (κ3) is 5.05. The Morgan fingerprint density at radius 2 is 1.97 bits per heavy atom. The number of rotatable bonds is 7. The summed E-state index contributed by atoms with van der Waals surface area (Å²) >= 11 is 6.63. The maximum Gasteiger partial charge on any atom is 0.267 e. The number of phenolic OH excluding ortho intramolecular Hbond substituents is 1. The standard InChI is InChI=1S/C25H29ClN6O3/c1-14(15-6-3-2-4-7-15)27-24(34)19-12-16(10-11-22(19)33)35-23-18-9-5-8-17(18)21(13-20(23)26)28-25-29-31-32-30-25/h10-15,33H,2-9H2,1H3,(H,27,34)(H2,28,29,30,31,32)/t14-/m0/s1. The highest BCUT2D eigenvalue weighted by Gasteiger charge is 2.26. The number of carbonyl (C=O) groups is 1. The number of nitrogens with zero attached hydrogens (tertiary/aromatic N) is 3. The molecule has 0 saturated heterocycles. The molecule has 0 unspecified atom stereocenters. The highest BCUT2D eigenvalue weighted by atomic mass is 35.5. The van der Waals surface area contributed by atoms with E-state index in [1.54, 1.807) is 18.2 Å². The topological polar surface area (TPSA) is 125 Å². The van der Waals surface area contributed by atoms with Gasteiger partial charge >= 0.3 is 0 Å². The van der Waals surface area contributed by atoms with Gasteiger partial charge in [0, 0.05) is 17.3 Å². The van der Waals surface area contributed by atoms with Gasteiger partial charge < -0.3 is 20.5 Å². The van der Waals surface area contributed by atoms with Gasteiger partial charge in [0.2, 0.25) is 0 Å². The number of carbonyl (C=O) groups excluding carboxylic acids is 1. The first-order chi connectivity index (χ1) is 17.0. The first-order valence-electron chi connectivity index (χ1n) is 12.2. The molecule has 1 fully saturated rings. The molecule has 1 heterocycles. The zero-order valence-corrected chi connectivity index (χ0v) is 20.4. The Hall–Kier alpha value is -3.33. The van der Waals surface area contributed by atoms with Crippen LogP contribution in [0.2, 0.25) is 5.02 Å². The van der Waals surface area contributed by atoms with E-state index in [2.05, 4.69) is 31.3 Å². The number of tetrazole rings is 1. The smallest absolute Gasteiger partial charge is 0.267 e. The Bertz CT molecular complexity index is 1210. The fraction of sp³-hybridized carbons (Fsp3) is 0.440. The third-order valence-corrected chi connectivity index (χ3v) is 7.33. The number of aromatic amines is 1. The van der Waals surface area contributed by atoms with Crippen LogP contribution in [0.25, 0.3) is 0 Å². The van der Waals surface area contributed by atoms with E-state index in [0.29, 0.717) is 28.4 Å². The van der Waals surface area contributed by atoms with Crippen LogP contribution in [0, 0.1) is 5.92 Å². The van der Waals surface area contributed by atoms with Crippen LogP contribution in [-0.2, 0) is 12.8 Å². The average molecular weight is 497 g/mol. The van der Waals surface area contributed by atoms with Crippen molar-refractivity contribution < 1.29 is 14.6 Å². The number of nitrogens with one attached hydrogen (secondary N) is 3. The lowest BCUT2D eigenvalue weighted by atomic mass is 9.84. The first-order valence-corrected chi connectivity index (χ1v) is 12.5. The Labute approximate surface area is 208 Å². The number of benzene rings is 2. The van der Waals surface area contributed by atoms with Crippen LogP contribution in [0.15, 0.2) is 24.3 Å². The molecule has 5 rings (SSSR count). The molecule has 1 atom stereocenters. The van der Waals surface area contributed by atoms with Gasteiger partial charge in [0.1, 0.15) is 17.2 Å². The molecule has 0 radical (unpaired) electrons. The van der Waals surface area contributed by atoms with Gasteiger partial charge in [0.05, 0.1) is 10.6 Å². The molecule has 1 aromatic heterocycles. The Kier molecular flexibility index (Phi) is 6.77. The van der Waals surface area contributed by atoms with Crippen molar-refractivity contribution >= 4 is 29.1 Å². The summed E-state index contributed by atoms with van der Waals surface area (Å²) in [5, 5.41) is 30.9. The lowest BCUT2D eigenvalue weighted by Gasteiger charge is -2.28. The summed E-state index contributed by atoms with van der Waals surface area (Å²) in [5.41, 5.74) is 3.10. The van der Waals surface area contributed by atoms with Crippen molar-refractivity contribution in [3.05, 3.63) is 46.0 Å². The van der Waals surface area contributed by atoms with Gasteiger partial charge in [-0.25, -0.2) is 0 Å². The lowest BCUT2D eigenvalue weighted by Crippen LogP contribution is -2.38. The predicted octanol–water partition coefficient (Wildman–Crippen LogP) is 5.28. The molecule has 2 aromatic carbocycles. The van der Waals surface area contributed by atoms with Gasteiger partial charge in [0.25, 0.3) is 11.9 Å². The summed E-state index contributed by atoms with van der Waals surface area (Å²) in [6, 6.07) is 6.53. The summed E-state index contributed by atoms with van der Waals surface area (Å²) < 4.78 is 6.21. The van der Waals surface area contributed by atoms with Crippen LogP contribution < -0.4 is 15.4 Å². The number of hydrogen-bond donors (Lipinski definition) is 4. The third-order valence-electron chi connectivity index (χ3n) is 7.05. The van der Waals surface area contributed by atoms with E-state index >= 15 is 0 Å². The number of ether oxygens (including phenoxy) is 1. The fourth-order valence-electron chi connectivity index (χ4n) is 5.19. The van der Waals surface area contributed by atoms with E-state index in [1.807, 2.05) is 6.92 Å². The number of H-pyrrole nitrogens is 1. The number of aromatic nitrogens is 4. The maximum absolute atomic E-state index is 13.0. The normalized spacial score (nSPS) is 16.5. The van der Waals surface area contributed by atoms with Crippen LogP contribution in [0.1, 0.15) is 66.9 Å². The van der Waals surface area contributed by atoms with Gasteiger partial charge in [0.15, 0.2) is 0 Å². The van der Waals surface area contributed by atoms with Crippen molar-refractivity contribution in [3.8, 4) is 17.2 Å². The van der Waals surface area contributed by atoms with Gasteiger partial charge in [-0.05, 0) is 80.0 Å². The van der Waals surface area contributed by atoms with Crippen LogP contribution in [-0.4, -0.2) is 37.7 Å². The zero-order chi connectivity index (χ0) is 24.4. The average Bonchev–Trinajstić information content (AvgIpc) is 3.55. The number of anilines is 2. The van der Waals surface area contributed by atoms with Crippen molar-refractivity contribution in [2.75, 3.05) is 5.32 Å². The molecule has 0 bridgehead atoms. The lowest BCUT2D eigenvalue weighted by molar-refractivity contribution is 0.0916. The second-order valence-corrected chi connectivity index (χ2v) is 9.75. The van der Waals surface area contributed by atoms with Crippen molar-refractivity contribution in [2.24, 2.45) is 5.92 Å². The van der Waals surface area contributed by atoms with Crippen molar-refractivity contribution in [1.82, 2.24) is 25.9 Å². The number of hydrogen-bond acceptors (Lipinski definition) is 7. The fourth-order valence-corrected chi connectivity index (χ4v) is 5.45. The largest absolute Gasteiger partial charge is 0.507 e. The second kappa shape index (κ2) is 10.1. The van der Waals surface area contributed by atoms with E-state index in [0.717, 1.165) is 48.9 Å². The monoisotopic (exact) mass is 496 g/mol. The second-order valence-electron chi connectivity index (χ2n) is 9.35. The van der Waals surface area contributed by atoms with E-state index in [-0.39, 0.29) is 23.3 Å². The zero-order valence-electron chi connectivity index (χ0n) is 19.6. The van der Waals surface area contributed by atoms with Crippen LogP contribution in [0.5, 0.6) is 17.2 Å². The molecule has 4 N–H and O–H groups in total. The molecule has 3 aromatic rings. The molecule has 2 aliphatic carbocycles. The molecular formula is C25H29ClN6O3. The molecule has 2 aliphatic rings. The number of phenols is 1. The molecule has 10 heteroatoms.